The van der Waals surface area contributed by atoms with Crippen molar-refractivity contribution in [2.75, 3.05) is 13.2 Å². The molecule has 4 aromatic rings. The molecule has 0 amide bonds. The lowest BCUT2D eigenvalue weighted by Crippen LogP contribution is -2.07. The topological polar surface area (TPSA) is 78.4 Å². The second-order valence-electron chi connectivity index (χ2n) is 7.39. The van der Waals surface area contributed by atoms with Crippen LogP contribution in [0.4, 0.5) is 0 Å². The molecule has 0 bridgehead atoms. The maximum absolute atomic E-state index is 12.6. The van der Waals surface area contributed by atoms with Gasteiger partial charge >= 0.3 is 11.9 Å². The molecule has 2 aromatic carbocycles. The third kappa shape index (κ3) is 4.86. The summed E-state index contributed by atoms with van der Waals surface area (Å²) >= 11 is 0. The number of benzene rings is 2. The third-order valence-electron chi connectivity index (χ3n) is 5.23. The predicted molar refractivity (Wildman–Crippen MR) is 130 cm³/mol. The SMILES string of the molecule is CCOC(=O)c1ccc(-c2ccccn2)c(-c2cc(C(=O)OCC)ccc2-c2ccccn2)c1. The summed E-state index contributed by atoms with van der Waals surface area (Å²) in [5.41, 5.74) is 5.38. The number of pyridine rings is 2. The van der Waals surface area contributed by atoms with Crippen LogP contribution in [0.25, 0.3) is 33.6 Å². The van der Waals surface area contributed by atoms with Crippen LogP contribution < -0.4 is 0 Å². The number of carbonyl (C=O) groups is 2. The molecule has 6 nitrogen and oxygen atoms in total. The second-order valence-corrected chi connectivity index (χ2v) is 7.39. The fourth-order valence-electron chi connectivity index (χ4n) is 3.71. The van der Waals surface area contributed by atoms with E-state index >= 15 is 0 Å². The molecule has 34 heavy (non-hydrogen) atoms. The van der Waals surface area contributed by atoms with Gasteiger partial charge in [-0.05, 0) is 73.5 Å². The van der Waals surface area contributed by atoms with Crippen LogP contribution in [-0.2, 0) is 9.47 Å². The van der Waals surface area contributed by atoms with Gasteiger partial charge in [0.1, 0.15) is 0 Å². The molecule has 0 unspecified atom stereocenters. The monoisotopic (exact) mass is 452 g/mol. The first-order valence-corrected chi connectivity index (χ1v) is 11.1. The molecule has 2 aromatic heterocycles. The van der Waals surface area contributed by atoms with Crippen LogP contribution in [0.15, 0.2) is 85.2 Å². The molecule has 6 heteroatoms. The van der Waals surface area contributed by atoms with Crippen molar-refractivity contribution >= 4 is 11.9 Å². The first kappa shape index (κ1) is 22.9. The van der Waals surface area contributed by atoms with Crippen LogP contribution in [0.3, 0.4) is 0 Å². The molecule has 0 saturated carbocycles. The zero-order valence-corrected chi connectivity index (χ0v) is 19.0. The number of carbonyl (C=O) groups excluding carboxylic acids is 2. The average Bonchev–Trinajstić information content (AvgIpc) is 2.89. The lowest BCUT2D eigenvalue weighted by Gasteiger charge is -2.16. The van der Waals surface area contributed by atoms with Crippen molar-refractivity contribution in [3.8, 4) is 33.6 Å². The molecule has 2 heterocycles. The van der Waals surface area contributed by atoms with E-state index in [9.17, 15) is 9.59 Å². The summed E-state index contributed by atoms with van der Waals surface area (Å²) in [5.74, 6) is -0.838. The van der Waals surface area contributed by atoms with Gasteiger partial charge in [-0.25, -0.2) is 9.59 Å². The lowest BCUT2D eigenvalue weighted by molar-refractivity contribution is 0.0516. The van der Waals surface area contributed by atoms with E-state index in [1.807, 2.05) is 48.5 Å². The molecule has 0 atom stereocenters. The number of hydrogen-bond donors (Lipinski definition) is 0. The van der Waals surface area contributed by atoms with Crippen molar-refractivity contribution in [1.29, 1.82) is 0 Å². The predicted octanol–water partition coefficient (Wildman–Crippen LogP) is 5.83. The summed E-state index contributed by atoms with van der Waals surface area (Å²) in [6.45, 7) is 4.08. The Balaban J connectivity index is 2.00. The van der Waals surface area contributed by atoms with Gasteiger partial charge in [0.15, 0.2) is 0 Å². The Hall–Kier alpha value is -4.32. The molecule has 0 fully saturated rings. The highest BCUT2D eigenvalue weighted by molar-refractivity contribution is 5.99. The van der Waals surface area contributed by atoms with Gasteiger partial charge in [0.25, 0.3) is 0 Å². The standard InChI is InChI=1S/C28H24N2O4/c1-3-33-27(31)19-11-13-21(25-9-5-7-15-29-25)23(17-19)24-18-20(28(32)34-4-2)12-14-22(24)26-10-6-8-16-30-26/h5-18H,3-4H2,1-2H3. The molecule has 0 radical (unpaired) electrons. The molecule has 0 spiro atoms. The maximum atomic E-state index is 12.6. The molecular weight excluding hydrogens is 428 g/mol. The first-order chi connectivity index (χ1) is 16.6. The van der Waals surface area contributed by atoms with Gasteiger partial charge in [-0.3, -0.25) is 9.97 Å². The van der Waals surface area contributed by atoms with Gasteiger partial charge < -0.3 is 9.47 Å². The Labute approximate surface area is 198 Å². The van der Waals surface area contributed by atoms with E-state index in [0.29, 0.717) is 11.1 Å². The maximum Gasteiger partial charge on any atom is 0.338 e. The zero-order chi connectivity index (χ0) is 23.9. The summed E-state index contributed by atoms with van der Waals surface area (Å²) in [7, 11) is 0. The summed E-state index contributed by atoms with van der Waals surface area (Å²) in [6.07, 6.45) is 3.43. The van der Waals surface area contributed by atoms with E-state index in [1.165, 1.54) is 0 Å². The number of hydrogen-bond acceptors (Lipinski definition) is 6. The number of nitrogens with zero attached hydrogens (tertiary/aromatic N) is 2. The molecule has 0 aliphatic rings. The molecular formula is C28H24N2O4. The molecule has 0 aliphatic heterocycles. The minimum Gasteiger partial charge on any atom is -0.462 e. The Kier molecular flexibility index (Phi) is 7.08. The smallest absolute Gasteiger partial charge is 0.338 e. The van der Waals surface area contributed by atoms with Crippen LogP contribution >= 0.6 is 0 Å². The summed E-state index contributed by atoms with van der Waals surface area (Å²) in [4.78, 5) is 34.2. The van der Waals surface area contributed by atoms with E-state index in [-0.39, 0.29) is 13.2 Å². The Morgan fingerprint density at radius 3 is 1.41 bits per heavy atom. The Morgan fingerprint density at radius 2 is 1.06 bits per heavy atom. The summed E-state index contributed by atoms with van der Waals surface area (Å²) < 4.78 is 10.5. The van der Waals surface area contributed by atoms with Gasteiger partial charge in [0.05, 0.1) is 35.7 Å². The van der Waals surface area contributed by atoms with E-state index in [4.69, 9.17) is 9.47 Å². The van der Waals surface area contributed by atoms with Gasteiger partial charge in [-0.2, -0.15) is 0 Å². The Morgan fingerprint density at radius 1 is 0.618 bits per heavy atom. The zero-order valence-electron chi connectivity index (χ0n) is 19.0. The fraction of sp³-hybridized carbons (Fsp3) is 0.143. The second kappa shape index (κ2) is 10.5. The van der Waals surface area contributed by atoms with E-state index in [0.717, 1.165) is 33.6 Å². The van der Waals surface area contributed by atoms with Crippen LogP contribution in [-0.4, -0.2) is 35.1 Å². The number of aromatic nitrogens is 2. The van der Waals surface area contributed by atoms with Crippen molar-refractivity contribution in [2.24, 2.45) is 0 Å². The van der Waals surface area contributed by atoms with Gasteiger partial charge in [-0.1, -0.05) is 24.3 Å². The number of ether oxygens (including phenoxy) is 2. The van der Waals surface area contributed by atoms with Crippen molar-refractivity contribution in [2.45, 2.75) is 13.8 Å². The highest BCUT2D eigenvalue weighted by Crippen LogP contribution is 2.38. The number of esters is 2. The first-order valence-electron chi connectivity index (χ1n) is 11.1. The van der Waals surface area contributed by atoms with Gasteiger partial charge in [-0.15, -0.1) is 0 Å². The van der Waals surface area contributed by atoms with Crippen molar-refractivity contribution < 1.29 is 19.1 Å². The Bertz CT molecular complexity index is 1200. The molecule has 170 valence electrons. The largest absolute Gasteiger partial charge is 0.462 e. The van der Waals surface area contributed by atoms with E-state index in [1.54, 1.807) is 50.5 Å². The van der Waals surface area contributed by atoms with E-state index in [2.05, 4.69) is 9.97 Å². The van der Waals surface area contributed by atoms with Crippen molar-refractivity contribution in [1.82, 2.24) is 9.97 Å². The number of rotatable bonds is 7. The summed E-state index contributed by atoms with van der Waals surface area (Å²) in [5, 5.41) is 0. The van der Waals surface area contributed by atoms with Crippen molar-refractivity contribution in [3.05, 3.63) is 96.3 Å². The average molecular weight is 453 g/mol. The third-order valence-corrected chi connectivity index (χ3v) is 5.23. The minimum atomic E-state index is -0.419. The van der Waals surface area contributed by atoms with Gasteiger partial charge in [0.2, 0.25) is 0 Å². The minimum absolute atomic E-state index is 0.272. The van der Waals surface area contributed by atoms with Crippen LogP contribution in [0, 0.1) is 0 Å². The van der Waals surface area contributed by atoms with Crippen LogP contribution in [0.1, 0.15) is 34.6 Å². The van der Waals surface area contributed by atoms with Crippen LogP contribution in [0.2, 0.25) is 0 Å². The normalized spacial score (nSPS) is 10.5. The molecule has 0 N–H and O–H groups in total. The highest BCUT2D eigenvalue weighted by atomic mass is 16.5. The van der Waals surface area contributed by atoms with Crippen LogP contribution in [0.5, 0.6) is 0 Å². The van der Waals surface area contributed by atoms with Crippen molar-refractivity contribution in [3.63, 3.8) is 0 Å². The highest BCUT2D eigenvalue weighted by Gasteiger charge is 2.19. The summed E-state index contributed by atoms with van der Waals surface area (Å²) in [6, 6.07) is 22.0. The molecule has 4 rings (SSSR count). The molecule has 0 saturated heterocycles. The lowest BCUT2D eigenvalue weighted by atomic mass is 9.89. The fourth-order valence-corrected chi connectivity index (χ4v) is 3.71. The van der Waals surface area contributed by atoms with E-state index < -0.39 is 11.9 Å². The van der Waals surface area contributed by atoms with Gasteiger partial charge in [0, 0.05) is 23.5 Å². The quantitative estimate of drug-likeness (QED) is 0.328. The molecule has 0 aliphatic carbocycles.